The quantitative estimate of drug-likeness (QED) is 0.412. The van der Waals surface area contributed by atoms with Crippen molar-refractivity contribution < 1.29 is 13.9 Å². The third-order valence-electron chi connectivity index (χ3n) is 5.44. The lowest BCUT2D eigenvalue weighted by molar-refractivity contribution is -0.108. The van der Waals surface area contributed by atoms with Crippen molar-refractivity contribution in [2.24, 2.45) is 0 Å². The molecule has 0 saturated carbocycles. The largest absolute Gasteiger partial charge is 0.439 e. The number of nitrogens with one attached hydrogen (secondary N) is 1. The number of hydrogen-bond acceptors (Lipinski definition) is 6. The smallest absolute Gasteiger partial charge is 0.200 e. The molecule has 2 aromatic rings. The van der Waals surface area contributed by atoms with Crippen molar-refractivity contribution in [3.8, 4) is 0 Å². The van der Waals surface area contributed by atoms with Crippen molar-refractivity contribution in [1.82, 2.24) is 10.3 Å². The Bertz CT molecular complexity index is 886. The van der Waals surface area contributed by atoms with Gasteiger partial charge in [-0.15, -0.1) is 11.8 Å². The van der Waals surface area contributed by atoms with E-state index >= 15 is 0 Å². The summed E-state index contributed by atoms with van der Waals surface area (Å²) in [7, 11) is 1.71. The maximum absolute atomic E-state index is 11.0. The molecule has 34 heavy (non-hydrogen) atoms. The summed E-state index contributed by atoms with van der Waals surface area (Å²) >= 11 is 8.31. The van der Waals surface area contributed by atoms with Crippen LogP contribution in [0.1, 0.15) is 93.9 Å². The van der Waals surface area contributed by atoms with E-state index in [0.717, 1.165) is 47.4 Å². The van der Waals surface area contributed by atoms with Crippen LogP contribution < -0.4 is 5.32 Å². The zero-order valence-electron chi connectivity index (χ0n) is 22.8. The minimum Gasteiger partial charge on any atom is -0.439 e. The van der Waals surface area contributed by atoms with Crippen LogP contribution in [0.3, 0.4) is 0 Å². The summed E-state index contributed by atoms with van der Waals surface area (Å²) in [5.74, 6) is 0.729. The van der Waals surface area contributed by atoms with Gasteiger partial charge in [0.05, 0.1) is 15.5 Å². The molecule has 5 nitrogen and oxygen atoms in total. The first-order valence-corrected chi connectivity index (χ1v) is 13.6. The fourth-order valence-electron chi connectivity index (χ4n) is 3.40. The number of aromatic nitrogens is 1. The molecule has 2 heterocycles. The summed E-state index contributed by atoms with van der Waals surface area (Å²) in [6.45, 7) is 18.5. The fraction of sp³-hybridized carbons (Fsp3) is 0.704. The van der Waals surface area contributed by atoms with Gasteiger partial charge in [-0.25, -0.2) is 4.98 Å². The number of halogens is 1. The Hall–Kier alpha value is -1.08. The van der Waals surface area contributed by atoms with Gasteiger partial charge in [0, 0.05) is 36.3 Å². The third-order valence-corrected chi connectivity index (χ3v) is 7.23. The molecule has 3 atom stereocenters. The predicted octanol–water partition coefficient (Wildman–Crippen LogP) is 7.82. The summed E-state index contributed by atoms with van der Waals surface area (Å²) in [5, 5.41) is 4.69. The second-order valence-electron chi connectivity index (χ2n) is 10.4. The maximum atomic E-state index is 11.0. The van der Waals surface area contributed by atoms with Crippen molar-refractivity contribution in [3.05, 3.63) is 23.0 Å². The van der Waals surface area contributed by atoms with Gasteiger partial charge in [-0.05, 0) is 52.2 Å². The molecule has 3 rings (SSSR count). The lowest BCUT2D eigenvalue weighted by atomic mass is 9.95. The first kappa shape index (κ1) is 31.0. The van der Waals surface area contributed by atoms with E-state index in [1.54, 1.807) is 18.9 Å². The summed E-state index contributed by atoms with van der Waals surface area (Å²) < 4.78 is 11.1. The van der Waals surface area contributed by atoms with Gasteiger partial charge in [-0.2, -0.15) is 0 Å². The summed E-state index contributed by atoms with van der Waals surface area (Å²) in [4.78, 5) is 16.6. The lowest BCUT2D eigenvalue weighted by Crippen LogP contribution is -2.46. The molecule has 0 bridgehead atoms. The third kappa shape index (κ3) is 9.52. The van der Waals surface area contributed by atoms with Crippen LogP contribution in [0.2, 0.25) is 5.02 Å². The Kier molecular flexibility index (Phi) is 12.6. The number of ether oxygens (including phenoxy) is 1. The number of methoxy groups -OCH3 is 1. The van der Waals surface area contributed by atoms with Gasteiger partial charge in [0.1, 0.15) is 11.8 Å². The number of piperidine rings is 1. The molecule has 0 radical (unpaired) electrons. The van der Waals surface area contributed by atoms with Crippen molar-refractivity contribution in [2.75, 3.05) is 7.11 Å². The number of nitrogens with zero attached hydrogens (tertiary/aromatic N) is 1. The van der Waals surface area contributed by atoms with Crippen molar-refractivity contribution in [2.45, 2.75) is 121 Å². The number of carbonyl (C=O) groups is 1. The molecule has 1 aromatic carbocycles. The summed E-state index contributed by atoms with van der Waals surface area (Å²) in [6, 6.07) is 4.50. The molecule has 1 aliphatic heterocycles. The predicted molar refractivity (Wildman–Crippen MR) is 146 cm³/mol. The van der Waals surface area contributed by atoms with E-state index in [-0.39, 0.29) is 17.1 Å². The van der Waals surface area contributed by atoms with E-state index in [0.29, 0.717) is 22.7 Å². The van der Waals surface area contributed by atoms with Gasteiger partial charge in [0.25, 0.3) is 0 Å². The van der Waals surface area contributed by atoms with Gasteiger partial charge in [0.15, 0.2) is 5.58 Å². The minimum absolute atomic E-state index is 0.0417. The van der Waals surface area contributed by atoms with Crippen LogP contribution in [0.25, 0.3) is 11.1 Å². The Morgan fingerprint density at radius 2 is 1.76 bits per heavy atom. The van der Waals surface area contributed by atoms with Crippen LogP contribution in [0.5, 0.6) is 0 Å². The zero-order chi connectivity index (χ0) is 26.1. The number of carbonyl (C=O) groups excluding carboxylic acids is 1. The molecule has 1 fully saturated rings. The molecular weight excluding hydrogens is 468 g/mol. The van der Waals surface area contributed by atoms with Crippen LogP contribution in [-0.4, -0.2) is 41.3 Å². The van der Waals surface area contributed by atoms with Crippen LogP contribution in [0.4, 0.5) is 0 Å². The highest BCUT2D eigenvalue weighted by molar-refractivity contribution is 8.00. The van der Waals surface area contributed by atoms with Crippen molar-refractivity contribution >= 4 is 40.7 Å². The van der Waals surface area contributed by atoms with Gasteiger partial charge in [-0.1, -0.05) is 53.1 Å². The number of rotatable bonds is 5. The lowest BCUT2D eigenvalue weighted by Gasteiger charge is -2.35. The number of fused-ring (bicyclic) bond motifs is 1. The Labute approximate surface area is 216 Å². The highest BCUT2D eigenvalue weighted by atomic mass is 35.5. The molecule has 1 N–H and O–H groups in total. The Morgan fingerprint density at radius 3 is 2.26 bits per heavy atom. The number of benzene rings is 1. The van der Waals surface area contributed by atoms with E-state index in [1.807, 2.05) is 46.8 Å². The van der Waals surface area contributed by atoms with Crippen LogP contribution in [-0.2, 0) is 14.9 Å². The monoisotopic (exact) mass is 512 g/mol. The van der Waals surface area contributed by atoms with Gasteiger partial charge in [0.2, 0.25) is 5.89 Å². The van der Waals surface area contributed by atoms with Crippen LogP contribution in [0, 0.1) is 0 Å². The van der Waals surface area contributed by atoms with Crippen molar-refractivity contribution in [1.29, 1.82) is 0 Å². The van der Waals surface area contributed by atoms with E-state index in [2.05, 4.69) is 38.0 Å². The Balaban J connectivity index is 0.000000631. The van der Waals surface area contributed by atoms with E-state index < -0.39 is 0 Å². The molecular formula is C27H45ClN2O3S. The molecule has 0 aliphatic carbocycles. The highest BCUT2D eigenvalue weighted by Crippen LogP contribution is 2.42. The molecule has 194 valence electrons. The molecule has 0 spiro atoms. The first-order valence-electron chi connectivity index (χ1n) is 12.4. The number of hydrogen-bond donors (Lipinski definition) is 1. The maximum Gasteiger partial charge on any atom is 0.200 e. The van der Waals surface area contributed by atoms with Gasteiger partial charge >= 0.3 is 0 Å². The number of aldehydes is 1. The van der Waals surface area contributed by atoms with Gasteiger partial charge in [-0.3, -0.25) is 0 Å². The zero-order valence-corrected chi connectivity index (χ0v) is 24.3. The highest BCUT2D eigenvalue weighted by Gasteiger charge is 2.30. The standard InChI is InChI=1S/C20H27ClN2O2S.C5H12O.C2H6/c1-5-12-10-14(11-13(22-12)8-9-24)26-18-15(21)6-7-16-17(18)25-19(23-16)20(2,3)4;1-5(2,3)6-4;1-2/h6-7,9,12-14,22H,5,8,10-11H2,1-4H3;1-4H3;1-2H3. The van der Waals surface area contributed by atoms with Crippen LogP contribution in [0.15, 0.2) is 21.4 Å². The van der Waals surface area contributed by atoms with Crippen molar-refractivity contribution in [3.63, 3.8) is 0 Å². The molecule has 0 amide bonds. The molecule has 1 aromatic heterocycles. The fourth-order valence-corrected chi connectivity index (χ4v) is 5.11. The van der Waals surface area contributed by atoms with Gasteiger partial charge < -0.3 is 19.3 Å². The van der Waals surface area contributed by atoms with Crippen LogP contribution >= 0.6 is 23.4 Å². The second-order valence-corrected chi connectivity index (χ2v) is 12.1. The SMILES string of the molecule is CC.CCC1CC(Sc2c(Cl)ccc3nc(C(C)(C)C)oc23)CC(CC=O)N1.COC(C)(C)C. The average Bonchev–Trinajstić information content (AvgIpc) is 3.22. The van der Waals surface area contributed by atoms with E-state index in [1.165, 1.54) is 0 Å². The average molecular weight is 513 g/mol. The topological polar surface area (TPSA) is 64.4 Å². The first-order chi connectivity index (χ1) is 15.9. The second kappa shape index (κ2) is 13.9. The summed E-state index contributed by atoms with van der Waals surface area (Å²) in [5.41, 5.74) is 1.53. The Morgan fingerprint density at radius 1 is 1.18 bits per heavy atom. The molecule has 7 heteroatoms. The summed E-state index contributed by atoms with van der Waals surface area (Å²) in [6.07, 6.45) is 4.64. The molecule has 1 saturated heterocycles. The number of thioether (sulfide) groups is 1. The van der Waals surface area contributed by atoms with E-state index in [4.69, 9.17) is 20.8 Å². The minimum atomic E-state index is -0.148. The number of oxazole rings is 1. The normalized spacial score (nSPS) is 20.7. The molecule has 1 aliphatic rings. The molecule has 3 unspecified atom stereocenters. The van der Waals surface area contributed by atoms with E-state index in [9.17, 15) is 4.79 Å².